The highest BCUT2D eigenvalue weighted by atomic mass is 16.6. The molecule has 1 saturated heterocycles. The molecule has 0 saturated carbocycles. The number of nitrogens with zero attached hydrogens (tertiary/aromatic N) is 2. The highest BCUT2D eigenvalue weighted by Gasteiger charge is 2.32. The molecule has 1 amide bonds. The summed E-state index contributed by atoms with van der Waals surface area (Å²) < 4.78 is 0. The van der Waals surface area contributed by atoms with Crippen LogP contribution in [-0.2, 0) is 4.79 Å². The largest absolute Gasteiger partial charge is 0.502 e. The molecule has 0 aromatic heterocycles. The second-order valence-electron chi connectivity index (χ2n) is 4.81. The summed E-state index contributed by atoms with van der Waals surface area (Å²) in [4.78, 5) is 34.6. The van der Waals surface area contributed by atoms with E-state index in [9.17, 15) is 24.8 Å². The number of piperidine rings is 1. The molecule has 0 spiro atoms. The lowest BCUT2D eigenvalue weighted by Crippen LogP contribution is -2.47. The summed E-state index contributed by atoms with van der Waals surface area (Å²) in [6.45, 7) is 0.313. The van der Waals surface area contributed by atoms with Crippen LogP contribution in [-0.4, -0.2) is 44.5 Å². The van der Waals surface area contributed by atoms with Crippen LogP contribution in [0.5, 0.6) is 5.75 Å². The van der Waals surface area contributed by atoms with E-state index in [0.717, 1.165) is 18.6 Å². The molecule has 8 nitrogen and oxygen atoms in total. The molecule has 0 radical (unpaired) electrons. The molecular weight excluding hydrogens is 280 g/mol. The molecule has 21 heavy (non-hydrogen) atoms. The smallest absolute Gasteiger partial charge is 0.326 e. The van der Waals surface area contributed by atoms with Crippen LogP contribution >= 0.6 is 0 Å². The van der Waals surface area contributed by atoms with Gasteiger partial charge in [-0.05, 0) is 31.4 Å². The van der Waals surface area contributed by atoms with Crippen LogP contribution < -0.4 is 0 Å². The van der Waals surface area contributed by atoms with Crippen LogP contribution in [0.4, 0.5) is 5.69 Å². The van der Waals surface area contributed by atoms with Gasteiger partial charge in [-0.15, -0.1) is 0 Å². The van der Waals surface area contributed by atoms with E-state index in [-0.39, 0.29) is 5.56 Å². The monoisotopic (exact) mass is 294 g/mol. The van der Waals surface area contributed by atoms with Gasteiger partial charge in [0, 0.05) is 18.2 Å². The Labute approximate surface area is 119 Å². The molecule has 2 rings (SSSR count). The van der Waals surface area contributed by atoms with Crippen LogP contribution in [0.25, 0.3) is 0 Å². The van der Waals surface area contributed by atoms with Gasteiger partial charge in [-0.2, -0.15) is 0 Å². The lowest BCUT2D eigenvalue weighted by molar-refractivity contribution is -0.385. The predicted octanol–water partition coefficient (Wildman–Crippen LogP) is 1.38. The SMILES string of the molecule is O=C(O)C1CCCCN1C(=O)c1ccc([N+](=O)[O-])c(O)c1. The summed E-state index contributed by atoms with van der Waals surface area (Å²) in [5.41, 5.74) is -0.466. The number of amides is 1. The normalized spacial score (nSPS) is 18.3. The number of likely N-dealkylation sites (tertiary alicyclic amines) is 1. The highest BCUT2D eigenvalue weighted by Crippen LogP contribution is 2.28. The summed E-state index contributed by atoms with van der Waals surface area (Å²) in [5, 5.41) is 29.3. The van der Waals surface area contributed by atoms with E-state index in [1.807, 2.05) is 0 Å². The van der Waals surface area contributed by atoms with Gasteiger partial charge in [0.25, 0.3) is 5.91 Å². The van der Waals surface area contributed by atoms with Gasteiger partial charge in [0.1, 0.15) is 6.04 Å². The Hall–Kier alpha value is -2.64. The molecule has 1 fully saturated rings. The van der Waals surface area contributed by atoms with Gasteiger partial charge in [0.2, 0.25) is 0 Å². The number of aromatic hydroxyl groups is 1. The number of hydrogen-bond donors (Lipinski definition) is 2. The predicted molar refractivity (Wildman–Crippen MR) is 71.1 cm³/mol. The van der Waals surface area contributed by atoms with Gasteiger partial charge < -0.3 is 15.1 Å². The molecule has 1 unspecified atom stereocenters. The van der Waals surface area contributed by atoms with Crippen LogP contribution in [0, 0.1) is 10.1 Å². The van der Waals surface area contributed by atoms with Gasteiger partial charge in [-0.25, -0.2) is 4.79 Å². The standard InChI is InChI=1S/C13H14N2O6/c16-11-7-8(4-5-9(11)15(20)21)12(17)14-6-2-1-3-10(14)13(18)19/h4-5,7,10,16H,1-3,6H2,(H,18,19). The third-order valence-corrected chi connectivity index (χ3v) is 3.47. The van der Waals surface area contributed by atoms with Gasteiger partial charge in [0.05, 0.1) is 4.92 Å². The van der Waals surface area contributed by atoms with Crippen molar-refractivity contribution in [3.8, 4) is 5.75 Å². The average Bonchev–Trinajstić information content (AvgIpc) is 2.45. The Balaban J connectivity index is 2.28. The van der Waals surface area contributed by atoms with Crippen molar-refractivity contribution < 1.29 is 24.7 Å². The van der Waals surface area contributed by atoms with Crippen molar-refractivity contribution in [2.75, 3.05) is 6.54 Å². The summed E-state index contributed by atoms with van der Waals surface area (Å²) in [5.74, 6) is -2.24. The van der Waals surface area contributed by atoms with Crippen LogP contribution in [0.1, 0.15) is 29.6 Å². The van der Waals surface area contributed by atoms with Crippen LogP contribution in [0.3, 0.4) is 0 Å². The minimum Gasteiger partial charge on any atom is -0.502 e. The van der Waals surface area contributed by atoms with E-state index in [4.69, 9.17) is 5.11 Å². The van der Waals surface area contributed by atoms with Gasteiger partial charge >= 0.3 is 11.7 Å². The Kier molecular flexibility index (Phi) is 4.06. The Bertz CT molecular complexity index is 600. The van der Waals surface area contributed by atoms with Crippen LogP contribution in [0.2, 0.25) is 0 Å². The van der Waals surface area contributed by atoms with Crippen molar-refractivity contribution in [1.82, 2.24) is 4.90 Å². The maximum absolute atomic E-state index is 12.3. The molecule has 1 atom stereocenters. The van der Waals surface area contributed by atoms with Crippen molar-refractivity contribution in [2.45, 2.75) is 25.3 Å². The number of hydrogen-bond acceptors (Lipinski definition) is 5. The van der Waals surface area contributed by atoms with E-state index in [2.05, 4.69) is 0 Å². The molecule has 1 aromatic carbocycles. The van der Waals surface area contributed by atoms with Gasteiger partial charge in [-0.1, -0.05) is 0 Å². The first-order valence-electron chi connectivity index (χ1n) is 6.43. The molecule has 1 heterocycles. The lowest BCUT2D eigenvalue weighted by Gasteiger charge is -2.33. The van der Waals surface area contributed by atoms with Gasteiger partial charge in [0.15, 0.2) is 5.75 Å². The molecule has 1 aliphatic heterocycles. The van der Waals surface area contributed by atoms with Gasteiger partial charge in [-0.3, -0.25) is 14.9 Å². The quantitative estimate of drug-likeness (QED) is 0.641. The fourth-order valence-corrected chi connectivity index (χ4v) is 2.41. The second-order valence-corrected chi connectivity index (χ2v) is 4.81. The first-order valence-corrected chi connectivity index (χ1v) is 6.43. The molecule has 0 aliphatic carbocycles. The van der Waals surface area contributed by atoms with E-state index in [0.29, 0.717) is 19.4 Å². The number of aliphatic carboxylic acids is 1. The molecule has 1 aliphatic rings. The zero-order valence-corrected chi connectivity index (χ0v) is 11.1. The molecule has 2 N–H and O–H groups in total. The summed E-state index contributed by atoms with van der Waals surface area (Å²) in [7, 11) is 0. The number of carbonyl (C=O) groups is 2. The second kappa shape index (κ2) is 5.78. The number of rotatable bonds is 3. The topological polar surface area (TPSA) is 121 Å². The number of phenols is 1. The number of nitro benzene ring substituents is 1. The Morgan fingerprint density at radius 2 is 2.05 bits per heavy atom. The zero-order valence-electron chi connectivity index (χ0n) is 11.1. The minimum atomic E-state index is -1.07. The Morgan fingerprint density at radius 3 is 2.62 bits per heavy atom. The number of carbonyl (C=O) groups excluding carboxylic acids is 1. The third-order valence-electron chi connectivity index (χ3n) is 3.47. The maximum Gasteiger partial charge on any atom is 0.326 e. The van der Waals surface area contributed by atoms with Crippen LogP contribution in [0.15, 0.2) is 18.2 Å². The average molecular weight is 294 g/mol. The minimum absolute atomic E-state index is 0.0336. The third kappa shape index (κ3) is 2.93. The number of nitro groups is 1. The molecule has 0 bridgehead atoms. The van der Waals surface area contributed by atoms with Crippen molar-refractivity contribution in [1.29, 1.82) is 0 Å². The fourth-order valence-electron chi connectivity index (χ4n) is 2.41. The molecule has 112 valence electrons. The summed E-state index contributed by atoms with van der Waals surface area (Å²) in [6.07, 6.45) is 1.81. The number of carboxylic acids is 1. The van der Waals surface area contributed by atoms with Crippen molar-refractivity contribution in [3.05, 3.63) is 33.9 Å². The number of benzene rings is 1. The summed E-state index contributed by atoms with van der Waals surface area (Å²) >= 11 is 0. The highest BCUT2D eigenvalue weighted by molar-refractivity contribution is 5.97. The molecular formula is C13H14N2O6. The summed E-state index contributed by atoms with van der Waals surface area (Å²) in [6, 6.07) is 2.34. The zero-order chi connectivity index (χ0) is 15.6. The van der Waals surface area contributed by atoms with E-state index in [1.165, 1.54) is 11.0 Å². The van der Waals surface area contributed by atoms with Crippen molar-refractivity contribution in [2.24, 2.45) is 0 Å². The first kappa shape index (κ1) is 14.8. The van der Waals surface area contributed by atoms with E-state index >= 15 is 0 Å². The van der Waals surface area contributed by atoms with E-state index < -0.39 is 34.3 Å². The number of phenolic OH excluding ortho intramolecular Hbond substituents is 1. The lowest BCUT2D eigenvalue weighted by atomic mass is 10.0. The maximum atomic E-state index is 12.3. The number of carboxylic acid groups (broad SMARTS) is 1. The molecule has 1 aromatic rings. The van der Waals surface area contributed by atoms with Crippen molar-refractivity contribution >= 4 is 17.6 Å². The molecule has 8 heteroatoms. The van der Waals surface area contributed by atoms with E-state index in [1.54, 1.807) is 0 Å². The first-order chi connectivity index (χ1) is 9.91. The fraction of sp³-hybridized carbons (Fsp3) is 0.385. The van der Waals surface area contributed by atoms with Crippen molar-refractivity contribution in [3.63, 3.8) is 0 Å². The Morgan fingerprint density at radius 1 is 1.33 bits per heavy atom.